The molecule has 2 aromatic rings. The Morgan fingerprint density at radius 2 is 1.62 bits per heavy atom. The molecule has 0 saturated carbocycles. The summed E-state index contributed by atoms with van der Waals surface area (Å²) in [6.45, 7) is 12.3. The molecule has 39 heavy (non-hydrogen) atoms. The summed E-state index contributed by atoms with van der Waals surface area (Å²) in [7, 11) is 2.17. The highest BCUT2D eigenvalue weighted by Gasteiger charge is 2.42. The first-order valence-electron chi connectivity index (χ1n) is 14.2. The van der Waals surface area contributed by atoms with Crippen LogP contribution < -0.4 is 29.3 Å². The van der Waals surface area contributed by atoms with Gasteiger partial charge in [-0.15, -0.1) is 0 Å². The molecule has 0 radical (unpaired) electrons. The molecule has 1 aliphatic heterocycles. The van der Waals surface area contributed by atoms with E-state index in [2.05, 4.69) is 124 Å². The van der Waals surface area contributed by atoms with E-state index in [0.29, 0.717) is 12.5 Å². The second-order valence-corrected chi connectivity index (χ2v) is 12.1. The van der Waals surface area contributed by atoms with Crippen LogP contribution >= 0.6 is 0 Å². The number of aliphatic hydroxyl groups excluding tert-OH is 1. The van der Waals surface area contributed by atoms with Crippen molar-refractivity contribution >= 4 is 11.4 Å². The van der Waals surface area contributed by atoms with Crippen LogP contribution in [0.5, 0.6) is 0 Å². The number of rotatable bonds is 6. The van der Waals surface area contributed by atoms with Crippen LogP contribution in [0.1, 0.15) is 76.5 Å². The molecule has 2 aromatic carbocycles. The molecule has 0 spiro atoms. The largest absolute Gasteiger partial charge is 1.00 e. The quantitative estimate of drug-likeness (QED) is 0.369. The number of benzene rings is 2. The molecule has 0 aromatic heterocycles. The summed E-state index contributed by atoms with van der Waals surface area (Å²) in [5.41, 5.74) is 12.2. The Bertz CT molecular complexity index is 1400. The van der Waals surface area contributed by atoms with Crippen molar-refractivity contribution in [3.8, 4) is 0 Å². The summed E-state index contributed by atoms with van der Waals surface area (Å²) >= 11 is 0. The van der Waals surface area contributed by atoms with Gasteiger partial charge in [0.2, 0.25) is 5.69 Å². The fraction of sp³-hybridized carbons (Fsp3) is 0.400. The van der Waals surface area contributed by atoms with Gasteiger partial charge in [0.15, 0.2) is 5.71 Å². The zero-order valence-electron chi connectivity index (χ0n) is 24.3. The monoisotopic (exact) mass is 634 g/mol. The highest BCUT2D eigenvalue weighted by Crippen LogP contribution is 2.50. The van der Waals surface area contributed by atoms with E-state index in [-0.39, 0.29) is 41.4 Å². The van der Waals surface area contributed by atoms with E-state index in [1.165, 1.54) is 50.5 Å². The maximum atomic E-state index is 9.64. The number of nitrogens with one attached hydrogen (secondary N) is 1. The third-order valence-corrected chi connectivity index (χ3v) is 9.08. The van der Waals surface area contributed by atoms with Gasteiger partial charge >= 0.3 is 0 Å². The lowest BCUT2D eigenvalue weighted by Crippen LogP contribution is -3.00. The third kappa shape index (κ3) is 5.22. The molecule has 0 amide bonds. The van der Waals surface area contributed by atoms with Crippen molar-refractivity contribution in [2.24, 2.45) is 0 Å². The average Bonchev–Trinajstić information content (AvgIpc) is 3.23. The van der Waals surface area contributed by atoms with Crippen molar-refractivity contribution in [1.29, 1.82) is 0 Å². The summed E-state index contributed by atoms with van der Waals surface area (Å²) in [5.74, 6) is 0.414. The summed E-state index contributed by atoms with van der Waals surface area (Å²) in [6, 6.07) is 17.6. The molecule has 2 aliphatic carbocycles. The van der Waals surface area contributed by atoms with Crippen molar-refractivity contribution < 1.29 is 33.7 Å². The zero-order valence-corrected chi connectivity index (χ0v) is 26.5. The van der Waals surface area contributed by atoms with Gasteiger partial charge in [-0.3, -0.25) is 0 Å². The van der Waals surface area contributed by atoms with Gasteiger partial charge in [-0.25, -0.2) is 0 Å². The smallest absolute Gasteiger partial charge is 0.209 e. The molecule has 0 fully saturated rings. The summed E-state index contributed by atoms with van der Waals surface area (Å²) in [5, 5.41) is 13.2. The highest BCUT2D eigenvalue weighted by atomic mass is 127. The molecular formula is C35H43IN2O. The molecule has 5 rings (SSSR count). The van der Waals surface area contributed by atoms with Crippen molar-refractivity contribution in [1.82, 2.24) is 5.32 Å². The molecule has 2 N–H and O–H groups in total. The van der Waals surface area contributed by atoms with E-state index in [1.807, 2.05) is 0 Å². The lowest BCUT2D eigenvalue weighted by atomic mass is 9.80. The number of fused-ring (bicyclic) bond motifs is 2. The second-order valence-electron chi connectivity index (χ2n) is 12.1. The Kier molecular flexibility index (Phi) is 8.77. The van der Waals surface area contributed by atoms with Gasteiger partial charge in [0.05, 0.1) is 12.0 Å². The number of para-hydroxylation sites is 1. The topological polar surface area (TPSA) is 35.3 Å². The molecule has 3 aliphatic rings. The first kappa shape index (κ1) is 29.5. The molecule has 0 saturated heterocycles. The first-order chi connectivity index (χ1) is 18.2. The van der Waals surface area contributed by atoms with E-state index < -0.39 is 0 Å². The zero-order chi connectivity index (χ0) is 27.1. The number of hydrogen-bond donors (Lipinski definition) is 2. The van der Waals surface area contributed by atoms with Gasteiger partial charge in [-0.2, -0.15) is 4.58 Å². The van der Waals surface area contributed by atoms with Gasteiger partial charge in [0.1, 0.15) is 7.05 Å². The van der Waals surface area contributed by atoms with E-state index >= 15 is 0 Å². The summed E-state index contributed by atoms with van der Waals surface area (Å²) < 4.78 is 2.33. The van der Waals surface area contributed by atoms with Gasteiger partial charge < -0.3 is 34.4 Å². The van der Waals surface area contributed by atoms with E-state index in [9.17, 15) is 5.11 Å². The number of nitrogens with zero attached hydrogens (tertiary/aromatic N) is 1. The molecule has 1 unspecified atom stereocenters. The van der Waals surface area contributed by atoms with Crippen LogP contribution in [-0.4, -0.2) is 35.6 Å². The molecule has 1 heterocycles. The second kappa shape index (κ2) is 11.6. The normalized spacial score (nSPS) is 23.4. The van der Waals surface area contributed by atoms with Crippen LogP contribution in [0.4, 0.5) is 5.69 Å². The van der Waals surface area contributed by atoms with Crippen molar-refractivity contribution in [3.05, 3.63) is 112 Å². The minimum Gasteiger partial charge on any atom is -1.00 e. The lowest BCUT2D eigenvalue weighted by molar-refractivity contribution is -0.401. The van der Waals surface area contributed by atoms with Gasteiger partial charge in [0, 0.05) is 41.3 Å². The minimum absolute atomic E-state index is 0. The lowest BCUT2D eigenvalue weighted by Gasteiger charge is -2.25. The van der Waals surface area contributed by atoms with Crippen LogP contribution in [0.15, 0.2) is 95.3 Å². The standard InChI is InChI=1S/C35H42N2O.HI/c1-24-27-14-7-8-15-29(27)34(2,3)28(24)20-18-25-12-11-13-26(33(25)36-22-23-38)19-21-32-35(4,5)30-16-9-10-17-31(30)37(32)6;/h7-10,14-21,24,38H,11-13,22-23H2,1-6H3;1H/b25-18+,28-20-;. The van der Waals surface area contributed by atoms with Crippen molar-refractivity contribution in [3.63, 3.8) is 0 Å². The Morgan fingerprint density at radius 1 is 0.923 bits per heavy atom. The molecular weight excluding hydrogens is 591 g/mol. The fourth-order valence-corrected chi connectivity index (χ4v) is 7.00. The SMILES string of the molecule is CC1/C(=C/C=C2\CCCC(/C=C/C3=[N+](C)c4ccccc4C3(C)C)=C2NCCO)C(C)(C)c2ccccc21.[I-]. The predicted molar refractivity (Wildman–Crippen MR) is 159 cm³/mol. The van der Waals surface area contributed by atoms with E-state index in [1.54, 1.807) is 0 Å². The number of aliphatic hydroxyl groups is 1. The highest BCUT2D eigenvalue weighted by molar-refractivity contribution is 6.03. The predicted octanol–water partition coefficient (Wildman–Crippen LogP) is 4.22. The van der Waals surface area contributed by atoms with Crippen molar-refractivity contribution in [2.75, 3.05) is 20.2 Å². The molecule has 3 nitrogen and oxygen atoms in total. The Morgan fingerprint density at radius 3 is 2.31 bits per heavy atom. The van der Waals surface area contributed by atoms with Crippen LogP contribution in [0.2, 0.25) is 0 Å². The maximum absolute atomic E-state index is 9.64. The summed E-state index contributed by atoms with van der Waals surface area (Å²) in [4.78, 5) is 0. The first-order valence-corrected chi connectivity index (χ1v) is 14.2. The minimum atomic E-state index is -0.0436. The van der Waals surface area contributed by atoms with Gasteiger partial charge in [0.25, 0.3) is 0 Å². The average molecular weight is 635 g/mol. The molecule has 0 bridgehead atoms. The van der Waals surface area contributed by atoms with Crippen LogP contribution in [-0.2, 0) is 10.8 Å². The number of halogens is 1. The van der Waals surface area contributed by atoms with Crippen LogP contribution in [0.25, 0.3) is 0 Å². The Balaban J connectivity index is 0.00000353. The maximum Gasteiger partial charge on any atom is 0.209 e. The molecule has 206 valence electrons. The third-order valence-electron chi connectivity index (χ3n) is 9.08. The molecule has 1 atom stereocenters. The molecule has 4 heteroatoms. The van der Waals surface area contributed by atoms with Crippen LogP contribution in [0.3, 0.4) is 0 Å². The number of hydrogen-bond acceptors (Lipinski definition) is 2. The van der Waals surface area contributed by atoms with Gasteiger partial charge in [-0.05, 0) is 55.4 Å². The van der Waals surface area contributed by atoms with Crippen molar-refractivity contribution in [2.45, 2.75) is 70.6 Å². The van der Waals surface area contributed by atoms with Gasteiger partial charge in [-0.1, -0.05) is 87.0 Å². The van der Waals surface area contributed by atoms with E-state index in [4.69, 9.17) is 0 Å². The summed E-state index contributed by atoms with van der Waals surface area (Å²) in [6.07, 6.45) is 12.6. The van der Waals surface area contributed by atoms with E-state index in [0.717, 1.165) is 19.3 Å². The Labute approximate surface area is 252 Å². The number of allylic oxidation sites excluding steroid dienone is 7. The fourth-order valence-electron chi connectivity index (χ4n) is 7.00. The van der Waals surface area contributed by atoms with Crippen LogP contribution in [0, 0.1) is 0 Å². The Hall–Kier alpha value is -2.44.